The Hall–Kier alpha value is -0.370. The molecule has 0 spiro atoms. The van der Waals surface area contributed by atoms with E-state index in [0.717, 1.165) is 12.3 Å². The second-order valence-electron chi connectivity index (χ2n) is 8.29. The fourth-order valence-corrected chi connectivity index (χ4v) is 3.02. The van der Waals surface area contributed by atoms with Gasteiger partial charge in [-0.2, -0.15) is 0 Å². The van der Waals surface area contributed by atoms with Gasteiger partial charge in [-0.3, -0.25) is 4.79 Å². The van der Waals surface area contributed by atoms with Crippen LogP contribution < -0.4 is 5.32 Å². The lowest BCUT2D eigenvalue weighted by Gasteiger charge is -2.32. The molecule has 0 saturated heterocycles. The van der Waals surface area contributed by atoms with Crippen LogP contribution in [-0.4, -0.2) is 17.4 Å². The number of ketones is 1. The zero-order chi connectivity index (χ0) is 14.7. The molecule has 0 amide bonds. The summed E-state index contributed by atoms with van der Waals surface area (Å²) in [6.45, 7) is 12.5. The summed E-state index contributed by atoms with van der Waals surface area (Å²) in [6.07, 6.45) is 7.70. The maximum absolute atomic E-state index is 12.6. The second-order valence-corrected chi connectivity index (χ2v) is 8.29. The Morgan fingerprint density at radius 3 is 2.05 bits per heavy atom. The summed E-state index contributed by atoms with van der Waals surface area (Å²) in [5.41, 5.74) is -0.250. The first kappa shape index (κ1) is 16.7. The van der Waals surface area contributed by atoms with Crippen molar-refractivity contribution in [2.45, 2.75) is 91.6 Å². The molecule has 0 bridgehead atoms. The first-order chi connectivity index (χ1) is 8.59. The van der Waals surface area contributed by atoms with Gasteiger partial charge in [0, 0.05) is 11.0 Å². The van der Waals surface area contributed by atoms with E-state index >= 15 is 0 Å². The Kier molecular flexibility index (Phi) is 5.61. The first-order valence-corrected chi connectivity index (χ1v) is 7.91. The average Bonchev–Trinajstić information content (AvgIpc) is 2.73. The molecule has 1 aliphatic carbocycles. The van der Waals surface area contributed by atoms with Crippen LogP contribution in [0.2, 0.25) is 0 Å². The van der Waals surface area contributed by atoms with Crippen molar-refractivity contribution in [3.8, 4) is 0 Å². The zero-order valence-corrected chi connectivity index (χ0v) is 13.8. The number of nitrogens with one attached hydrogen (secondary N) is 1. The summed E-state index contributed by atoms with van der Waals surface area (Å²) in [6, 6.07) is 0.0144. The van der Waals surface area contributed by atoms with Crippen LogP contribution in [0.25, 0.3) is 0 Å². The average molecular weight is 267 g/mol. The molecular formula is C17H33NO. The third kappa shape index (κ3) is 6.07. The lowest BCUT2D eigenvalue weighted by molar-refractivity contribution is -0.129. The first-order valence-electron chi connectivity index (χ1n) is 7.91. The molecule has 1 unspecified atom stereocenters. The molecule has 0 radical (unpaired) electrons. The highest BCUT2D eigenvalue weighted by Crippen LogP contribution is 2.30. The number of rotatable bonds is 5. The van der Waals surface area contributed by atoms with Gasteiger partial charge in [0.05, 0.1) is 6.04 Å². The third-order valence-corrected chi connectivity index (χ3v) is 4.00. The highest BCUT2D eigenvalue weighted by molar-refractivity contribution is 5.88. The molecule has 1 fully saturated rings. The number of hydrogen-bond donors (Lipinski definition) is 1. The SMILES string of the molecule is CC(C)(C)NC(CCC1CCCC1)C(=O)C(C)(C)C. The minimum absolute atomic E-state index is 0.00124. The van der Waals surface area contributed by atoms with Crippen LogP contribution in [-0.2, 0) is 4.79 Å². The summed E-state index contributed by atoms with van der Waals surface area (Å²) in [5, 5.41) is 3.54. The van der Waals surface area contributed by atoms with Crippen LogP contribution >= 0.6 is 0 Å². The predicted octanol–water partition coefficient (Wildman–Crippen LogP) is 4.33. The van der Waals surface area contributed by atoms with E-state index < -0.39 is 0 Å². The molecule has 1 atom stereocenters. The van der Waals surface area contributed by atoms with Crippen molar-refractivity contribution in [2.75, 3.05) is 0 Å². The van der Waals surface area contributed by atoms with E-state index in [0.29, 0.717) is 5.78 Å². The predicted molar refractivity (Wildman–Crippen MR) is 82.3 cm³/mol. The van der Waals surface area contributed by atoms with Gasteiger partial charge in [0.2, 0.25) is 0 Å². The molecule has 2 nitrogen and oxygen atoms in total. The fraction of sp³-hybridized carbons (Fsp3) is 0.941. The van der Waals surface area contributed by atoms with Crippen molar-refractivity contribution in [1.29, 1.82) is 0 Å². The van der Waals surface area contributed by atoms with E-state index in [4.69, 9.17) is 0 Å². The van der Waals surface area contributed by atoms with Gasteiger partial charge in [-0.05, 0) is 39.5 Å². The molecule has 112 valence electrons. The molecule has 1 aliphatic rings. The summed E-state index contributed by atoms with van der Waals surface area (Å²) in [5.74, 6) is 1.22. The van der Waals surface area contributed by atoms with E-state index in [1.54, 1.807) is 0 Å². The van der Waals surface area contributed by atoms with Crippen LogP contribution in [0.5, 0.6) is 0 Å². The molecule has 1 rings (SSSR count). The Labute approximate surface area is 119 Å². The number of hydrogen-bond acceptors (Lipinski definition) is 2. The van der Waals surface area contributed by atoms with Crippen LogP contribution in [0.4, 0.5) is 0 Å². The lowest BCUT2D eigenvalue weighted by atomic mass is 9.83. The summed E-state index contributed by atoms with van der Waals surface area (Å²) < 4.78 is 0. The van der Waals surface area contributed by atoms with Crippen molar-refractivity contribution in [1.82, 2.24) is 5.32 Å². The normalized spacial score (nSPS) is 19.7. The minimum Gasteiger partial charge on any atom is -0.303 e. The quantitative estimate of drug-likeness (QED) is 0.803. The molecule has 0 aromatic heterocycles. The molecule has 19 heavy (non-hydrogen) atoms. The monoisotopic (exact) mass is 267 g/mol. The topological polar surface area (TPSA) is 29.1 Å². The molecular weight excluding hydrogens is 234 g/mol. The van der Waals surface area contributed by atoms with Gasteiger partial charge in [-0.25, -0.2) is 0 Å². The van der Waals surface area contributed by atoms with Crippen LogP contribution in [0.3, 0.4) is 0 Å². The van der Waals surface area contributed by atoms with Gasteiger partial charge in [0.1, 0.15) is 0 Å². The highest BCUT2D eigenvalue weighted by Gasteiger charge is 2.32. The van der Waals surface area contributed by atoms with E-state index in [-0.39, 0.29) is 17.0 Å². The molecule has 0 heterocycles. The van der Waals surface area contributed by atoms with E-state index in [1.165, 1.54) is 32.1 Å². The highest BCUT2D eigenvalue weighted by atomic mass is 16.1. The van der Waals surface area contributed by atoms with E-state index in [2.05, 4.69) is 26.1 Å². The van der Waals surface area contributed by atoms with Gasteiger partial charge >= 0.3 is 0 Å². The summed E-state index contributed by atoms with van der Waals surface area (Å²) in [7, 11) is 0. The lowest BCUT2D eigenvalue weighted by Crippen LogP contribution is -2.50. The van der Waals surface area contributed by atoms with Crippen LogP contribution in [0, 0.1) is 11.3 Å². The van der Waals surface area contributed by atoms with Crippen LogP contribution in [0.15, 0.2) is 0 Å². The standard InChI is InChI=1S/C17H33NO/c1-16(2,3)15(19)14(18-17(4,5)6)12-11-13-9-7-8-10-13/h13-14,18H,7-12H2,1-6H3. The summed E-state index contributed by atoms with van der Waals surface area (Å²) >= 11 is 0. The summed E-state index contributed by atoms with van der Waals surface area (Å²) in [4.78, 5) is 12.6. The van der Waals surface area contributed by atoms with Crippen molar-refractivity contribution >= 4 is 5.78 Å². The largest absolute Gasteiger partial charge is 0.303 e. The molecule has 2 heteroatoms. The van der Waals surface area contributed by atoms with Gasteiger partial charge in [0.15, 0.2) is 5.78 Å². The van der Waals surface area contributed by atoms with Crippen molar-refractivity contribution < 1.29 is 4.79 Å². The zero-order valence-electron chi connectivity index (χ0n) is 13.8. The van der Waals surface area contributed by atoms with E-state index in [9.17, 15) is 4.79 Å². The second kappa shape index (κ2) is 6.39. The van der Waals surface area contributed by atoms with Crippen molar-refractivity contribution in [2.24, 2.45) is 11.3 Å². The maximum Gasteiger partial charge on any atom is 0.155 e. The number of Topliss-reactive ketones (excluding diaryl/α,β-unsaturated/α-hetero) is 1. The van der Waals surface area contributed by atoms with Gasteiger partial charge in [-0.15, -0.1) is 0 Å². The van der Waals surface area contributed by atoms with Gasteiger partial charge in [-0.1, -0.05) is 46.5 Å². The number of carbonyl (C=O) groups is 1. The Bertz CT molecular complexity index is 289. The molecule has 1 N–H and O–H groups in total. The Morgan fingerprint density at radius 1 is 1.11 bits per heavy atom. The van der Waals surface area contributed by atoms with Gasteiger partial charge in [0.25, 0.3) is 0 Å². The minimum atomic E-state index is -0.251. The maximum atomic E-state index is 12.6. The molecule has 1 saturated carbocycles. The van der Waals surface area contributed by atoms with Crippen molar-refractivity contribution in [3.63, 3.8) is 0 Å². The Morgan fingerprint density at radius 2 is 1.63 bits per heavy atom. The van der Waals surface area contributed by atoms with Crippen molar-refractivity contribution in [3.05, 3.63) is 0 Å². The van der Waals surface area contributed by atoms with Crippen LogP contribution in [0.1, 0.15) is 80.1 Å². The molecule has 0 aromatic carbocycles. The smallest absolute Gasteiger partial charge is 0.155 e. The number of carbonyl (C=O) groups excluding carboxylic acids is 1. The van der Waals surface area contributed by atoms with Gasteiger partial charge < -0.3 is 5.32 Å². The van der Waals surface area contributed by atoms with E-state index in [1.807, 2.05) is 20.8 Å². The molecule has 0 aromatic rings. The molecule has 0 aliphatic heterocycles. The Balaban J connectivity index is 2.60. The fourth-order valence-electron chi connectivity index (χ4n) is 3.02. The third-order valence-electron chi connectivity index (χ3n) is 4.00.